The second-order valence-corrected chi connectivity index (χ2v) is 7.87. The van der Waals surface area contributed by atoms with Crippen LogP contribution in [0.5, 0.6) is 0 Å². The van der Waals surface area contributed by atoms with E-state index in [2.05, 4.69) is 21.2 Å². The Kier molecular flexibility index (Phi) is 6.37. The van der Waals surface area contributed by atoms with Gasteiger partial charge in [0.15, 0.2) is 0 Å². The zero-order chi connectivity index (χ0) is 16.2. The zero-order valence-corrected chi connectivity index (χ0v) is 15.1. The van der Waals surface area contributed by atoms with Crippen LogP contribution in [0.15, 0.2) is 22.7 Å². The summed E-state index contributed by atoms with van der Waals surface area (Å²) in [4.78, 5) is 12.1. The molecular weight excluding hydrogens is 356 g/mol. The Labute approximate surface area is 134 Å². The van der Waals surface area contributed by atoms with Gasteiger partial charge in [-0.1, -0.05) is 22.9 Å². The van der Waals surface area contributed by atoms with E-state index in [0.29, 0.717) is 12.1 Å². The molecule has 0 bridgehead atoms. The number of carbonyl (C=O) groups is 1. The maximum atomic E-state index is 12.1. The first-order valence-corrected chi connectivity index (χ1v) is 9.32. The maximum Gasteiger partial charge on any atom is 0.239 e. The van der Waals surface area contributed by atoms with Crippen molar-refractivity contribution in [1.82, 2.24) is 4.31 Å². The quantitative estimate of drug-likeness (QED) is 0.829. The molecule has 1 unspecified atom stereocenters. The Morgan fingerprint density at radius 2 is 2.05 bits per heavy atom. The lowest BCUT2D eigenvalue weighted by Gasteiger charge is -2.25. The number of hydrogen-bond donors (Lipinski definition) is 1. The fraction of sp³-hybridized carbons (Fsp3) is 0.500. The monoisotopic (exact) mass is 376 g/mol. The number of rotatable bonds is 6. The predicted octanol–water partition coefficient (Wildman–Crippen LogP) is 2.76. The van der Waals surface area contributed by atoms with Crippen molar-refractivity contribution in [1.29, 1.82) is 0 Å². The van der Waals surface area contributed by atoms with E-state index in [1.807, 2.05) is 26.0 Å². The van der Waals surface area contributed by atoms with Crippen molar-refractivity contribution in [2.45, 2.75) is 33.2 Å². The average molecular weight is 377 g/mol. The van der Waals surface area contributed by atoms with E-state index in [9.17, 15) is 13.2 Å². The van der Waals surface area contributed by atoms with Crippen molar-refractivity contribution in [3.8, 4) is 0 Å². The highest BCUT2D eigenvalue weighted by atomic mass is 79.9. The van der Waals surface area contributed by atoms with Crippen molar-refractivity contribution in [3.05, 3.63) is 28.2 Å². The van der Waals surface area contributed by atoms with E-state index < -0.39 is 10.0 Å². The van der Waals surface area contributed by atoms with Crippen LogP contribution in [0.4, 0.5) is 5.69 Å². The van der Waals surface area contributed by atoms with Crippen LogP contribution in [0.3, 0.4) is 0 Å². The van der Waals surface area contributed by atoms with Gasteiger partial charge in [0.25, 0.3) is 0 Å². The molecule has 0 saturated heterocycles. The van der Waals surface area contributed by atoms with Crippen LogP contribution in [0.1, 0.15) is 25.8 Å². The number of nitrogens with zero attached hydrogens (tertiary/aromatic N) is 1. The molecule has 0 heterocycles. The van der Waals surface area contributed by atoms with E-state index in [1.54, 1.807) is 13.0 Å². The summed E-state index contributed by atoms with van der Waals surface area (Å²) in [6.07, 6.45) is 1.77. The van der Waals surface area contributed by atoms with E-state index >= 15 is 0 Å². The van der Waals surface area contributed by atoms with Gasteiger partial charge in [0, 0.05) is 16.2 Å². The average Bonchev–Trinajstić information content (AvgIpc) is 2.38. The molecule has 1 aromatic rings. The topological polar surface area (TPSA) is 66.5 Å². The number of hydrogen-bond acceptors (Lipinski definition) is 3. The van der Waals surface area contributed by atoms with Crippen molar-refractivity contribution in [2.24, 2.45) is 0 Å². The third kappa shape index (κ3) is 5.41. The number of amides is 1. The number of sulfonamides is 1. The molecule has 0 spiro atoms. The SMILES string of the molecule is CCC(C)N(CC(=O)Nc1ccc(Br)c(C)c1)S(C)(=O)=O. The minimum absolute atomic E-state index is 0.178. The molecule has 0 aliphatic heterocycles. The van der Waals surface area contributed by atoms with Gasteiger partial charge in [-0.2, -0.15) is 4.31 Å². The summed E-state index contributed by atoms with van der Waals surface area (Å²) in [5, 5.41) is 2.73. The number of carbonyl (C=O) groups excluding carboxylic acids is 1. The van der Waals surface area contributed by atoms with Crippen LogP contribution in [0, 0.1) is 6.92 Å². The van der Waals surface area contributed by atoms with Crippen LogP contribution in [0.25, 0.3) is 0 Å². The van der Waals surface area contributed by atoms with Gasteiger partial charge in [-0.05, 0) is 44.0 Å². The molecule has 1 rings (SSSR count). The standard InChI is InChI=1S/C14H21BrN2O3S/c1-5-11(3)17(21(4,19)20)9-14(18)16-12-6-7-13(15)10(2)8-12/h6-8,11H,5,9H2,1-4H3,(H,16,18). The summed E-state index contributed by atoms with van der Waals surface area (Å²) in [6, 6.07) is 5.23. The number of benzene rings is 1. The molecule has 0 aliphatic rings. The number of nitrogens with one attached hydrogen (secondary N) is 1. The van der Waals surface area contributed by atoms with E-state index in [1.165, 1.54) is 4.31 Å². The molecular formula is C14H21BrN2O3S. The molecule has 0 aliphatic carbocycles. The Morgan fingerprint density at radius 1 is 1.43 bits per heavy atom. The van der Waals surface area contributed by atoms with Gasteiger partial charge in [0.05, 0.1) is 12.8 Å². The van der Waals surface area contributed by atoms with Crippen molar-refractivity contribution < 1.29 is 13.2 Å². The molecule has 1 atom stereocenters. The van der Waals surface area contributed by atoms with E-state index in [4.69, 9.17) is 0 Å². The third-order valence-corrected chi connectivity index (χ3v) is 5.48. The minimum atomic E-state index is -3.41. The summed E-state index contributed by atoms with van der Waals surface area (Å²) in [5.74, 6) is -0.345. The maximum absolute atomic E-state index is 12.1. The molecule has 1 aromatic carbocycles. The molecule has 5 nitrogen and oxygen atoms in total. The highest BCUT2D eigenvalue weighted by Gasteiger charge is 2.24. The van der Waals surface area contributed by atoms with Gasteiger partial charge < -0.3 is 5.32 Å². The Morgan fingerprint density at radius 3 is 2.52 bits per heavy atom. The molecule has 118 valence electrons. The molecule has 1 N–H and O–H groups in total. The third-order valence-electron chi connectivity index (χ3n) is 3.25. The molecule has 21 heavy (non-hydrogen) atoms. The van der Waals surface area contributed by atoms with E-state index in [-0.39, 0.29) is 18.5 Å². The lowest BCUT2D eigenvalue weighted by molar-refractivity contribution is -0.116. The van der Waals surface area contributed by atoms with Crippen molar-refractivity contribution in [3.63, 3.8) is 0 Å². The van der Waals surface area contributed by atoms with Crippen LogP contribution in [0.2, 0.25) is 0 Å². The highest BCUT2D eigenvalue weighted by molar-refractivity contribution is 9.10. The first kappa shape index (κ1) is 18.1. The lowest BCUT2D eigenvalue weighted by atomic mass is 10.2. The molecule has 0 radical (unpaired) electrons. The molecule has 0 fully saturated rings. The van der Waals surface area contributed by atoms with Gasteiger partial charge in [-0.3, -0.25) is 4.79 Å². The summed E-state index contributed by atoms with van der Waals surface area (Å²) >= 11 is 3.39. The first-order chi connectivity index (χ1) is 9.65. The van der Waals surface area contributed by atoms with Gasteiger partial charge in [-0.15, -0.1) is 0 Å². The Bertz CT molecular complexity index is 617. The van der Waals surface area contributed by atoms with Gasteiger partial charge in [-0.25, -0.2) is 8.42 Å². The zero-order valence-electron chi connectivity index (χ0n) is 12.7. The second-order valence-electron chi connectivity index (χ2n) is 5.08. The lowest BCUT2D eigenvalue weighted by Crippen LogP contribution is -2.42. The van der Waals surface area contributed by atoms with E-state index in [0.717, 1.165) is 16.3 Å². The van der Waals surface area contributed by atoms with Crippen LogP contribution in [-0.2, 0) is 14.8 Å². The fourth-order valence-corrected chi connectivity index (χ4v) is 3.27. The Hall–Kier alpha value is -0.920. The number of anilines is 1. The predicted molar refractivity (Wildman–Crippen MR) is 88.8 cm³/mol. The van der Waals surface area contributed by atoms with Crippen LogP contribution < -0.4 is 5.32 Å². The number of halogens is 1. The van der Waals surface area contributed by atoms with Gasteiger partial charge >= 0.3 is 0 Å². The van der Waals surface area contributed by atoms with Crippen molar-refractivity contribution in [2.75, 3.05) is 18.1 Å². The highest BCUT2D eigenvalue weighted by Crippen LogP contribution is 2.20. The van der Waals surface area contributed by atoms with Crippen molar-refractivity contribution >= 4 is 37.5 Å². The van der Waals surface area contributed by atoms with Crippen LogP contribution in [-0.4, -0.2) is 37.5 Å². The minimum Gasteiger partial charge on any atom is -0.325 e. The fourth-order valence-electron chi connectivity index (χ4n) is 1.87. The first-order valence-electron chi connectivity index (χ1n) is 6.68. The summed E-state index contributed by atoms with van der Waals surface area (Å²) in [7, 11) is -3.41. The summed E-state index contributed by atoms with van der Waals surface area (Å²) in [5.41, 5.74) is 1.65. The van der Waals surface area contributed by atoms with Gasteiger partial charge in [0.2, 0.25) is 15.9 Å². The smallest absolute Gasteiger partial charge is 0.239 e. The normalized spacial score (nSPS) is 13.2. The largest absolute Gasteiger partial charge is 0.325 e. The van der Waals surface area contributed by atoms with Gasteiger partial charge in [0.1, 0.15) is 0 Å². The number of aryl methyl sites for hydroxylation is 1. The molecule has 0 aromatic heterocycles. The molecule has 1 amide bonds. The summed E-state index contributed by atoms with van der Waals surface area (Å²) in [6.45, 7) is 5.42. The summed E-state index contributed by atoms with van der Waals surface area (Å²) < 4.78 is 25.7. The molecule has 0 saturated carbocycles. The van der Waals surface area contributed by atoms with Crippen LogP contribution >= 0.6 is 15.9 Å². The Balaban J connectivity index is 2.81. The second kappa shape index (κ2) is 7.38. The molecule has 7 heteroatoms.